The second-order valence-corrected chi connectivity index (χ2v) is 6.42. The Bertz CT molecular complexity index is 525. The van der Waals surface area contributed by atoms with Gasteiger partial charge in [0, 0.05) is 15.5 Å². The molecule has 0 spiro atoms. The molecule has 2 nitrogen and oxygen atoms in total. The molecule has 0 amide bonds. The van der Waals surface area contributed by atoms with Gasteiger partial charge in [-0.3, -0.25) is 0 Å². The lowest BCUT2D eigenvalue weighted by Crippen LogP contribution is -2.00. The van der Waals surface area contributed by atoms with Crippen molar-refractivity contribution in [3.63, 3.8) is 0 Å². The molecule has 0 saturated heterocycles. The Kier molecular flexibility index (Phi) is 4.40. The molecule has 0 fully saturated rings. The number of nitrogens with zero attached hydrogens (tertiary/aromatic N) is 1. The third kappa shape index (κ3) is 3.12. The smallest absolute Gasteiger partial charge is 0.0925 e. The Morgan fingerprint density at radius 2 is 2.11 bits per heavy atom. The lowest BCUT2D eigenvalue weighted by atomic mass is 10.1. The van der Waals surface area contributed by atoms with Gasteiger partial charge in [-0.05, 0) is 53.4 Å². The Labute approximate surface area is 121 Å². The van der Waals surface area contributed by atoms with E-state index in [1.54, 1.807) is 11.3 Å². The van der Waals surface area contributed by atoms with E-state index < -0.39 is 0 Å². The number of nitrogens with one attached hydrogen (secondary N) is 1. The van der Waals surface area contributed by atoms with Gasteiger partial charge in [-0.15, -0.1) is 11.3 Å². The van der Waals surface area contributed by atoms with Gasteiger partial charge in [0.25, 0.3) is 0 Å². The predicted molar refractivity (Wildman–Crippen MR) is 82.4 cm³/mol. The minimum atomic E-state index is 0.833. The highest BCUT2D eigenvalue weighted by molar-refractivity contribution is 9.10. The molecule has 18 heavy (non-hydrogen) atoms. The number of benzene rings is 1. The molecule has 0 atom stereocenters. The van der Waals surface area contributed by atoms with E-state index in [0.29, 0.717) is 0 Å². The first-order valence-corrected chi connectivity index (χ1v) is 7.65. The van der Waals surface area contributed by atoms with Crippen LogP contribution in [-0.4, -0.2) is 4.98 Å². The summed E-state index contributed by atoms with van der Waals surface area (Å²) in [7, 11) is 0. The van der Waals surface area contributed by atoms with E-state index in [4.69, 9.17) is 0 Å². The largest absolute Gasteiger partial charge is 0.379 e. The molecule has 1 heterocycles. The Balaban J connectivity index is 2.10. The molecule has 0 saturated carbocycles. The van der Waals surface area contributed by atoms with Gasteiger partial charge in [0.15, 0.2) is 0 Å². The van der Waals surface area contributed by atoms with Crippen molar-refractivity contribution < 1.29 is 0 Å². The van der Waals surface area contributed by atoms with Crippen LogP contribution in [0.15, 0.2) is 22.8 Å². The second-order valence-electron chi connectivity index (χ2n) is 4.37. The van der Waals surface area contributed by atoms with Crippen LogP contribution in [0.25, 0.3) is 0 Å². The number of hydrogen-bond donors (Lipinski definition) is 1. The number of hydrogen-bond acceptors (Lipinski definition) is 3. The lowest BCUT2D eigenvalue weighted by Gasteiger charge is -2.11. The van der Waals surface area contributed by atoms with Crippen LogP contribution in [0.4, 0.5) is 5.69 Å². The maximum atomic E-state index is 4.37. The van der Waals surface area contributed by atoms with Gasteiger partial charge in [0.05, 0.1) is 17.2 Å². The minimum Gasteiger partial charge on any atom is -0.379 e. The van der Waals surface area contributed by atoms with Gasteiger partial charge in [-0.2, -0.15) is 0 Å². The third-order valence-corrected chi connectivity index (χ3v) is 4.54. The van der Waals surface area contributed by atoms with Gasteiger partial charge in [0.1, 0.15) is 0 Å². The van der Waals surface area contributed by atoms with E-state index in [2.05, 4.69) is 59.1 Å². The first kappa shape index (κ1) is 13.6. The summed E-state index contributed by atoms with van der Waals surface area (Å²) in [5, 5.41) is 4.69. The highest BCUT2D eigenvalue weighted by Crippen LogP contribution is 2.28. The molecule has 4 heteroatoms. The zero-order chi connectivity index (χ0) is 13.1. The molecule has 1 aromatic heterocycles. The fourth-order valence-electron chi connectivity index (χ4n) is 1.91. The molecule has 0 radical (unpaired) electrons. The molecular formula is C14H17BrN2S. The van der Waals surface area contributed by atoms with Crippen LogP contribution in [0.1, 0.15) is 27.9 Å². The summed E-state index contributed by atoms with van der Waals surface area (Å²) >= 11 is 5.39. The first-order chi connectivity index (χ1) is 8.60. The van der Waals surface area contributed by atoms with E-state index in [1.165, 1.54) is 26.7 Å². The van der Waals surface area contributed by atoms with Crippen molar-refractivity contribution >= 4 is 33.0 Å². The van der Waals surface area contributed by atoms with Gasteiger partial charge < -0.3 is 5.32 Å². The van der Waals surface area contributed by atoms with Gasteiger partial charge in [-0.1, -0.05) is 13.0 Å². The standard InChI is InChI=1S/C14H17BrN2S/c1-4-13-16-7-11(18-13)8-17-14-10(3)5-9(2)6-12(14)15/h5-7,17H,4,8H2,1-3H3. The molecule has 0 aliphatic heterocycles. The second kappa shape index (κ2) is 5.85. The van der Waals surface area contributed by atoms with Crippen LogP contribution in [0, 0.1) is 13.8 Å². The van der Waals surface area contributed by atoms with Crippen LogP contribution < -0.4 is 5.32 Å². The quantitative estimate of drug-likeness (QED) is 0.881. The Morgan fingerprint density at radius 3 is 2.72 bits per heavy atom. The van der Waals surface area contributed by atoms with E-state index in [1.807, 2.05) is 6.20 Å². The number of thiazole rings is 1. The minimum absolute atomic E-state index is 0.833. The summed E-state index contributed by atoms with van der Waals surface area (Å²) in [5.41, 5.74) is 3.71. The monoisotopic (exact) mass is 324 g/mol. The lowest BCUT2D eigenvalue weighted by molar-refractivity contribution is 1.09. The van der Waals surface area contributed by atoms with Gasteiger partial charge in [-0.25, -0.2) is 4.98 Å². The number of aryl methyl sites for hydroxylation is 3. The first-order valence-electron chi connectivity index (χ1n) is 6.04. The Hall–Kier alpha value is -0.870. The van der Waals surface area contributed by atoms with E-state index >= 15 is 0 Å². The zero-order valence-corrected chi connectivity index (χ0v) is 13.3. The maximum Gasteiger partial charge on any atom is 0.0925 e. The van der Waals surface area contributed by atoms with Crippen molar-refractivity contribution in [3.8, 4) is 0 Å². The van der Waals surface area contributed by atoms with Crippen LogP contribution in [0.5, 0.6) is 0 Å². The fourth-order valence-corrected chi connectivity index (χ4v) is 3.52. The summed E-state index contributed by atoms with van der Waals surface area (Å²) in [6, 6.07) is 4.33. The summed E-state index contributed by atoms with van der Waals surface area (Å²) in [5.74, 6) is 0. The average Bonchev–Trinajstić information content (AvgIpc) is 2.75. The van der Waals surface area contributed by atoms with E-state index in [-0.39, 0.29) is 0 Å². The molecule has 1 N–H and O–H groups in total. The van der Waals surface area contributed by atoms with Crippen LogP contribution in [0.3, 0.4) is 0 Å². The summed E-state index contributed by atoms with van der Waals surface area (Å²) in [6.07, 6.45) is 2.98. The Morgan fingerprint density at radius 1 is 1.33 bits per heavy atom. The van der Waals surface area contributed by atoms with Crippen LogP contribution >= 0.6 is 27.3 Å². The molecule has 96 valence electrons. The highest BCUT2D eigenvalue weighted by Gasteiger charge is 2.06. The predicted octanol–water partition coefficient (Wildman–Crippen LogP) is 4.70. The van der Waals surface area contributed by atoms with Crippen molar-refractivity contribution in [1.82, 2.24) is 4.98 Å². The van der Waals surface area contributed by atoms with Gasteiger partial charge >= 0.3 is 0 Å². The van der Waals surface area contributed by atoms with Crippen molar-refractivity contribution in [3.05, 3.63) is 43.8 Å². The summed E-state index contributed by atoms with van der Waals surface area (Å²) < 4.78 is 1.13. The van der Waals surface area contributed by atoms with Crippen molar-refractivity contribution in [2.24, 2.45) is 0 Å². The molecule has 0 bridgehead atoms. The third-order valence-electron chi connectivity index (χ3n) is 2.78. The van der Waals surface area contributed by atoms with E-state index in [0.717, 1.165) is 17.4 Å². The van der Waals surface area contributed by atoms with Crippen LogP contribution in [0.2, 0.25) is 0 Å². The average molecular weight is 325 g/mol. The van der Waals surface area contributed by atoms with Crippen molar-refractivity contribution in [1.29, 1.82) is 0 Å². The molecule has 0 aliphatic rings. The van der Waals surface area contributed by atoms with Crippen molar-refractivity contribution in [2.75, 3.05) is 5.32 Å². The van der Waals surface area contributed by atoms with Gasteiger partial charge in [0.2, 0.25) is 0 Å². The van der Waals surface area contributed by atoms with Crippen LogP contribution in [-0.2, 0) is 13.0 Å². The van der Waals surface area contributed by atoms with E-state index in [9.17, 15) is 0 Å². The number of halogens is 1. The molecule has 2 aromatic rings. The molecule has 0 aliphatic carbocycles. The number of rotatable bonds is 4. The summed E-state index contributed by atoms with van der Waals surface area (Å²) in [4.78, 5) is 5.65. The maximum absolute atomic E-state index is 4.37. The highest BCUT2D eigenvalue weighted by atomic mass is 79.9. The zero-order valence-electron chi connectivity index (χ0n) is 10.9. The SMILES string of the molecule is CCc1ncc(CNc2c(C)cc(C)cc2Br)s1. The molecule has 1 aromatic carbocycles. The topological polar surface area (TPSA) is 24.9 Å². The molecule has 2 rings (SSSR count). The molecule has 0 unspecified atom stereocenters. The normalized spacial score (nSPS) is 10.7. The molecular weight excluding hydrogens is 308 g/mol. The fraction of sp³-hybridized carbons (Fsp3) is 0.357. The number of anilines is 1. The number of aromatic nitrogens is 1. The summed E-state index contributed by atoms with van der Waals surface area (Å²) in [6.45, 7) is 7.21. The van der Waals surface area contributed by atoms with Crippen molar-refractivity contribution in [2.45, 2.75) is 33.7 Å².